The molecule has 1 aromatic carbocycles. The summed E-state index contributed by atoms with van der Waals surface area (Å²) in [6, 6.07) is 11.8. The normalized spacial score (nSPS) is 19.7. The molecule has 1 aliphatic rings. The second kappa shape index (κ2) is 7.48. The summed E-state index contributed by atoms with van der Waals surface area (Å²) in [5, 5.41) is 8.16. The number of hydrogen-bond donors (Lipinski definition) is 1. The smallest absolute Gasteiger partial charge is 0.290 e. The molecule has 1 aliphatic heterocycles. The predicted octanol–water partition coefficient (Wildman–Crippen LogP) is 3.33. The quantitative estimate of drug-likeness (QED) is 0.750. The second-order valence-electron chi connectivity index (χ2n) is 7.34. The molecular formula is C21H23N3O3. The monoisotopic (exact) mass is 365 g/mol. The van der Waals surface area contributed by atoms with Gasteiger partial charge in [-0.05, 0) is 30.0 Å². The van der Waals surface area contributed by atoms with Crippen LogP contribution in [0.15, 0.2) is 47.1 Å². The Kier molecular flexibility index (Phi) is 4.90. The van der Waals surface area contributed by atoms with E-state index in [9.17, 15) is 4.79 Å². The van der Waals surface area contributed by atoms with Gasteiger partial charge in [0.2, 0.25) is 5.76 Å². The minimum Gasteiger partial charge on any atom is -0.379 e. The van der Waals surface area contributed by atoms with Crippen LogP contribution in [0.25, 0.3) is 10.9 Å². The summed E-state index contributed by atoms with van der Waals surface area (Å²) >= 11 is 0. The molecule has 27 heavy (non-hydrogen) atoms. The fraction of sp³-hybridized carbons (Fsp3) is 0.381. The van der Waals surface area contributed by atoms with Crippen LogP contribution in [0.4, 0.5) is 0 Å². The number of nitrogens with one attached hydrogen (secondary N) is 1. The molecule has 0 unspecified atom stereocenters. The summed E-state index contributed by atoms with van der Waals surface area (Å²) in [5.41, 5.74) is 2.98. The molecule has 0 aliphatic carbocycles. The molecule has 1 N–H and O–H groups in total. The number of amides is 1. The number of fused-ring (bicyclic) bond motifs is 1. The van der Waals surface area contributed by atoms with E-state index >= 15 is 0 Å². The van der Waals surface area contributed by atoms with Gasteiger partial charge in [-0.1, -0.05) is 37.2 Å². The van der Waals surface area contributed by atoms with Crippen LogP contribution < -0.4 is 5.32 Å². The first-order valence-electron chi connectivity index (χ1n) is 9.29. The van der Waals surface area contributed by atoms with Crippen LogP contribution in [0.3, 0.4) is 0 Å². The Morgan fingerprint density at radius 2 is 2.11 bits per heavy atom. The Hall–Kier alpha value is -2.73. The summed E-state index contributed by atoms with van der Waals surface area (Å²) in [7, 11) is 0. The number of pyridine rings is 1. The molecule has 3 heterocycles. The maximum absolute atomic E-state index is 12.5. The van der Waals surface area contributed by atoms with Crippen molar-refractivity contribution in [1.29, 1.82) is 0 Å². The first kappa shape index (κ1) is 17.7. The maximum atomic E-state index is 12.5. The molecule has 1 saturated heterocycles. The van der Waals surface area contributed by atoms with Crippen LogP contribution in [-0.4, -0.2) is 35.3 Å². The first-order chi connectivity index (χ1) is 13.1. The fourth-order valence-electron chi connectivity index (χ4n) is 3.48. The van der Waals surface area contributed by atoms with Crippen LogP contribution in [0.5, 0.6) is 0 Å². The number of carbonyl (C=O) groups is 1. The van der Waals surface area contributed by atoms with Crippen molar-refractivity contribution in [2.45, 2.75) is 32.2 Å². The molecule has 0 spiro atoms. The number of hydrogen-bond acceptors (Lipinski definition) is 5. The molecular weight excluding hydrogens is 342 g/mol. The lowest BCUT2D eigenvalue weighted by molar-refractivity contribution is 0.0887. The summed E-state index contributed by atoms with van der Waals surface area (Å²) in [5.74, 6) is 0.429. The molecule has 6 nitrogen and oxygen atoms in total. The van der Waals surface area contributed by atoms with Gasteiger partial charge in [0.15, 0.2) is 0 Å². The molecule has 2 aromatic heterocycles. The van der Waals surface area contributed by atoms with E-state index in [1.807, 2.05) is 44.3 Å². The summed E-state index contributed by atoms with van der Waals surface area (Å²) in [6.07, 6.45) is 2.66. The zero-order valence-electron chi connectivity index (χ0n) is 15.5. The Labute approximate surface area is 157 Å². The minimum absolute atomic E-state index is 0.0583. The highest BCUT2D eigenvalue weighted by atomic mass is 16.5. The molecule has 140 valence electrons. The Balaban J connectivity index is 1.48. The van der Waals surface area contributed by atoms with E-state index in [2.05, 4.69) is 21.5 Å². The SMILES string of the molecule is CC(C)c1cc(C(=O)N[C@@H]2COC[C@H]2Cc2ccnc3ccccc23)on1. The van der Waals surface area contributed by atoms with E-state index in [1.165, 1.54) is 5.56 Å². The molecule has 0 saturated carbocycles. The zero-order chi connectivity index (χ0) is 18.8. The maximum Gasteiger partial charge on any atom is 0.290 e. The van der Waals surface area contributed by atoms with Crippen molar-refractivity contribution in [3.63, 3.8) is 0 Å². The van der Waals surface area contributed by atoms with Crippen molar-refractivity contribution in [2.24, 2.45) is 5.92 Å². The Morgan fingerprint density at radius 3 is 2.93 bits per heavy atom. The van der Waals surface area contributed by atoms with Gasteiger partial charge in [0.25, 0.3) is 5.91 Å². The van der Waals surface area contributed by atoms with Crippen molar-refractivity contribution < 1.29 is 14.1 Å². The molecule has 6 heteroatoms. The largest absolute Gasteiger partial charge is 0.379 e. The van der Waals surface area contributed by atoms with Crippen LogP contribution in [0, 0.1) is 5.92 Å². The van der Waals surface area contributed by atoms with Gasteiger partial charge in [0, 0.05) is 23.6 Å². The lowest BCUT2D eigenvalue weighted by Gasteiger charge is -2.19. The highest BCUT2D eigenvalue weighted by Gasteiger charge is 2.31. The highest BCUT2D eigenvalue weighted by molar-refractivity contribution is 5.91. The van der Waals surface area contributed by atoms with Crippen LogP contribution in [0.1, 0.15) is 41.6 Å². The molecule has 2 atom stereocenters. The average Bonchev–Trinajstić information content (AvgIpc) is 3.32. The van der Waals surface area contributed by atoms with Crippen molar-refractivity contribution in [2.75, 3.05) is 13.2 Å². The summed E-state index contributed by atoms with van der Waals surface area (Å²) < 4.78 is 10.9. The first-order valence-corrected chi connectivity index (χ1v) is 9.29. The Bertz CT molecular complexity index is 945. The van der Waals surface area contributed by atoms with Crippen LogP contribution in [0.2, 0.25) is 0 Å². The molecule has 0 radical (unpaired) electrons. The van der Waals surface area contributed by atoms with Crippen molar-refractivity contribution in [3.8, 4) is 0 Å². The summed E-state index contributed by atoms with van der Waals surface area (Å²) in [4.78, 5) is 17.0. The van der Waals surface area contributed by atoms with Gasteiger partial charge < -0.3 is 14.6 Å². The zero-order valence-corrected chi connectivity index (χ0v) is 15.5. The third-order valence-electron chi connectivity index (χ3n) is 5.08. The predicted molar refractivity (Wildman–Crippen MR) is 102 cm³/mol. The number of para-hydroxylation sites is 1. The topological polar surface area (TPSA) is 77.2 Å². The lowest BCUT2D eigenvalue weighted by atomic mass is 9.93. The third kappa shape index (κ3) is 3.71. The highest BCUT2D eigenvalue weighted by Crippen LogP contribution is 2.24. The van der Waals surface area contributed by atoms with Gasteiger partial charge in [-0.25, -0.2) is 0 Å². The second-order valence-corrected chi connectivity index (χ2v) is 7.34. The molecule has 1 fully saturated rings. The standard InChI is InChI=1S/C21H23N3O3/c1-13(2)18-10-20(27-24-18)21(25)23-19-12-26-11-15(19)9-14-7-8-22-17-6-4-3-5-16(14)17/h3-8,10,13,15,19H,9,11-12H2,1-2H3,(H,23,25)/t15-,19-/m1/s1. The molecule has 3 aromatic rings. The van der Waals surface area contributed by atoms with E-state index in [-0.39, 0.29) is 29.5 Å². The van der Waals surface area contributed by atoms with Crippen molar-refractivity contribution in [3.05, 3.63) is 59.6 Å². The van der Waals surface area contributed by atoms with E-state index in [0.717, 1.165) is 23.0 Å². The van der Waals surface area contributed by atoms with Crippen molar-refractivity contribution >= 4 is 16.8 Å². The van der Waals surface area contributed by atoms with E-state index in [1.54, 1.807) is 6.07 Å². The lowest BCUT2D eigenvalue weighted by Crippen LogP contribution is -2.40. The number of rotatable bonds is 5. The minimum atomic E-state index is -0.241. The molecule has 1 amide bonds. The van der Waals surface area contributed by atoms with Gasteiger partial charge >= 0.3 is 0 Å². The number of carbonyl (C=O) groups excluding carboxylic acids is 1. The van der Waals surface area contributed by atoms with Crippen LogP contribution in [-0.2, 0) is 11.2 Å². The van der Waals surface area contributed by atoms with E-state index in [4.69, 9.17) is 9.26 Å². The van der Waals surface area contributed by atoms with Crippen LogP contribution >= 0.6 is 0 Å². The fourth-order valence-corrected chi connectivity index (χ4v) is 3.48. The van der Waals surface area contributed by atoms with E-state index in [0.29, 0.717) is 13.2 Å². The number of ether oxygens (including phenoxy) is 1. The third-order valence-corrected chi connectivity index (χ3v) is 5.08. The number of aromatic nitrogens is 2. The van der Waals surface area contributed by atoms with Gasteiger partial charge in [-0.15, -0.1) is 0 Å². The Morgan fingerprint density at radius 1 is 1.26 bits per heavy atom. The van der Waals surface area contributed by atoms with Crippen molar-refractivity contribution in [1.82, 2.24) is 15.5 Å². The summed E-state index contributed by atoms with van der Waals surface area (Å²) in [6.45, 7) is 5.15. The van der Waals surface area contributed by atoms with Gasteiger partial charge in [-0.3, -0.25) is 9.78 Å². The molecule has 4 rings (SSSR count). The van der Waals surface area contributed by atoms with Gasteiger partial charge in [0.1, 0.15) is 0 Å². The van der Waals surface area contributed by atoms with Gasteiger partial charge in [0.05, 0.1) is 30.5 Å². The van der Waals surface area contributed by atoms with Gasteiger partial charge in [-0.2, -0.15) is 0 Å². The molecule has 0 bridgehead atoms. The average molecular weight is 365 g/mol. The number of benzene rings is 1. The number of nitrogens with zero attached hydrogens (tertiary/aromatic N) is 2. The van der Waals surface area contributed by atoms with E-state index < -0.39 is 0 Å².